The summed E-state index contributed by atoms with van der Waals surface area (Å²) in [7, 11) is 0. The van der Waals surface area contributed by atoms with Gasteiger partial charge in [0.15, 0.2) is 0 Å². The minimum atomic E-state index is -3.00. The molecule has 3 N–H and O–H groups in total. The average Bonchev–Trinajstić information content (AvgIpc) is 2.63. The Morgan fingerprint density at radius 1 is 1.67 bits per heavy atom. The van der Waals surface area contributed by atoms with E-state index in [1.165, 1.54) is 11.8 Å². The van der Waals surface area contributed by atoms with Crippen LogP contribution in [0.3, 0.4) is 0 Å². The third-order valence-corrected chi connectivity index (χ3v) is 4.02. The molecular weight excluding hydrogens is 222 g/mol. The van der Waals surface area contributed by atoms with Crippen LogP contribution in [0.25, 0.3) is 0 Å². The molecule has 1 heterocycles. The van der Waals surface area contributed by atoms with Gasteiger partial charge in [0.2, 0.25) is 5.91 Å². The van der Waals surface area contributed by atoms with Gasteiger partial charge in [0.05, 0.1) is 17.8 Å². The molecule has 0 aromatic carbocycles. The Hall–Kier alpha value is -0.360. The van der Waals surface area contributed by atoms with Gasteiger partial charge in [-0.1, -0.05) is 0 Å². The molecule has 1 aliphatic rings. The van der Waals surface area contributed by atoms with Crippen molar-refractivity contribution in [3.05, 3.63) is 0 Å². The first kappa shape index (κ1) is 12.7. The average molecular weight is 238 g/mol. The fourth-order valence-electron chi connectivity index (χ4n) is 1.43. The van der Waals surface area contributed by atoms with Crippen molar-refractivity contribution in [3.63, 3.8) is 0 Å². The number of alkyl halides is 2. The van der Waals surface area contributed by atoms with Gasteiger partial charge in [-0.3, -0.25) is 4.79 Å². The molecule has 1 rings (SSSR count). The van der Waals surface area contributed by atoms with E-state index >= 15 is 0 Å². The summed E-state index contributed by atoms with van der Waals surface area (Å²) in [4.78, 5) is 11.6. The summed E-state index contributed by atoms with van der Waals surface area (Å²) in [6.45, 7) is 0.385. The Kier molecular flexibility index (Phi) is 3.94. The van der Waals surface area contributed by atoms with Gasteiger partial charge in [-0.15, -0.1) is 11.8 Å². The molecule has 3 nitrogen and oxygen atoms in total. The van der Waals surface area contributed by atoms with Crippen LogP contribution in [0, 0.1) is 0 Å². The molecule has 1 unspecified atom stereocenters. The number of carbonyl (C=O) groups excluding carboxylic acids is 1. The van der Waals surface area contributed by atoms with Crippen molar-refractivity contribution in [1.82, 2.24) is 5.32 Å². The fraction of sp³-hybridized carbons (Fsp3) is 0.889. The number of nitrogens with two attached hydrogens (primary N) is 1. The van der Waals surface area contributed by atoms with E-state index < -0.39 is 23.8 Å². The molecule has 1 saturated heterocycles. The number of carbonyl (C=O) groups is 1. The van der Waals surface area contributed by atoms with Crippen molar-refractivity contribution < 1.29 is 13.6 Å². The van der Waals surface area contributed by atoms with Crippen LogP contribution in [-0.4, -0.2) is 35.4 Å². The van der Waals surface area contributed by atoms with E-state index in [4.69, 9.17) is 5.73 Å². The van der Waals surface area contributed by atoms with Crippen molar-refractivity contribution >= 4 is 17.7 Å². The summed E-state index contributed by atoms with van der Waals surface area (Å²) in [5.74, 6) is -2.40. The molecule has 0 bridgehead atoms. The maximum absolute atomic E-state index is 12.8. The first-order valence-electron chi connectivity index (χ1n) is 4.90. The lowest BCUT2D eigenvalue weighted by Crippen LogP contribution is -2.47. The number of halogens is 2. The molecule has 0 spiro atoms. The van der Waals surface area contributed by atoms with Crippen molar-refractivity contribution in [2.24, 2.45) is 5.73 Å². The third kappa shape index (κ3) is 3.31. The number of hydrogen-bond donors (Lipinski definition) is 2. The van der Waals surface area contributed by atoms with Gasteiger partial charge < -0.3 is 11.1 Å². The highest BCUT2D eigenvalue weighted by atomic mass is 32.2. The standard InChI is InChI=1S/C9H16F2N2OS/c1-8(3-2-4-15-8)7(14)13-6-9(10,11)5-12/h2-6,12H2,1H3,(H,13,14). The minimum absolute atomic E-state index is 0.307. The molecule has 1 atom stereocenters. The van der Waals surface area contributed by atoms with Gasteiger partial charge in [-0.05, 0) is 25.5 Å². The van der Waals surface area contributed by atoms with Crippen LogP contribution in [0.1, 0.15) is 19.8 Å². The Labute approximate surface area is 92.2 Å². The fourth-order valence-corrected chi connectivity index (χ4v) is 2.66. The van der Waals surface area contributed by atoms with E-state index in [-0.39, 0.29) is 5.91 Å². The second kappa shape index (κ2) is 4.65. The summed E-state index contributed by atoms with van der Waals surface area (Å²) >= 11 is 1.52. The molecule has 1 aliphatic heterocycles. The minimum Gasteiger partial charge on any atom is -0.349 e. The molecule has 1 amide bonds. The van der Waals surface area contributed by atoms with Crippen molar-refractivity contribution in [3.8, 4) is 0 Å². The molecular formula is C9H16F2N2OS. The molecule has 15 heavy (non-hydrogen) atoms. The van der Waals surface area contributed by atoms with Crippen molar-refractivity contribution in [2.75, 3.05) is 18.8 Å². The van der Waals surface area contributed by atoms with Gasteiger partial charge in [-0.2, -0.15) is 0 Å². The van der Waals surface area contributed by atoms with Crippen LogP contribution in [0.4, 0.5) is 8.78 Å². The van der Waals surface area contributed by atoms with Crippen LogP contribution in [0.15, 0.2) is 0 Å². The van der Waals surface area contributed by atoms with Gasteiger partial charge in [0, 0.05) is 0 Å². The van der Waals surface area contributed by atoms with Gasteiger partial charge in [0.25, 0.3) is 5.92 Å². The largest absolute Gasteiger partial charge is 0.349 e. The van der Waals surface area contributed by atoms with E-state index in [9.17, 15) is 13.6 Å². The summed E-state index contributed by atoms with van der Waals surface area (Å²) in [5, 5.41) is 2.27. The van der Waals surface area contributed by atoms with E-state index in [0.29, 0.717) is 0 Å². The lowest BCUT2D eigenvalue weighted by atomic mass is 10.0. The van der Waals surface area contributed by atoms with Crippen LogP contribution >= 0.6 is 11.8 Å². The van der Waals surface area contributed by atoms with Crippen LogP contribution < -0.4 is 11.1 Å². The van der Waals surface area contributed by atoms with Crippen LogP contribution in [-0.2, 0) is 4.79 Å². The molecule has 88 valence electrons. The Bertz CT molecular complexity index is 242. The number of thioether (sulfide) groups is 1. The predicted octanol–water partition coefficient (Wildman–Crippen LogP) is 0.982. The molecule has 0 aliphatic carbocycles. The molecule has 1 fully saturated rings. The zero-order valence-electron chi connectivity index (χ0n) is 8.69. The Morgan fingerprint density at radius 3 is 2.80 bits per heavy atom. The number of hydrogen-bond acceptors (Lipinski definition) is 3. The lowest BCUT2D eigenvalue weighted by Gasteiger charge is -2.23. The molecule has 0 aromatic rings. The van der Waals surface area contributed by atoms with Gasteiger partial charge in [0.1, 0.15) is 0 Å². The van der Waals surface area contributed by atoms with E-state index in [1.54, 1.807) is 6.92 Å². The maximum Gasteiger partial charge on any atom is 0.277 e. The molecule has 0 saturated carbocycles. The first-order valence-corrected chi connectivity index (χ1v) is 5.88. The SMILES string of the molecule is CC1(C(=O)NCC(F)(F)CN)CCCS1. The second-order valence-corrected chi connectivity index (χ2v) is 5.52. The third-order valence-electron chi connectivity index (χ3n) is 2.51. The maximum atomic E-state index is 12.8. The smallest absolute Gasteiger partial charge is 0.277 e. The highest BCUT2D eigenvalue weighted by Crippen LogP contribution is 2.37. The van der Waals surface area contributed by atoms with Crippen LogP contribution in [0.5, 0.6) is 0 Å². The van der Waals surface area contributed by atoms with E-state index in [1.807, 2.05) is 0 Å². The molecule has 0 aromatic heterocycles. The zero-order valence-corrected chi connectivity index (χ0v) is 9.50. The normalized spacial score (nSPS) is 26.7. The number of rotatable bonds is 4. The summed E-state index contributed by atoms with van der Waals surface area (Å²) in [6, 6.07) is 0. The van der Waals surface area contributed by atoms with Gasteiger partial charge >= 0.3 is 0 Å². The second-order valence-electron chi connectivity index (χ2n) is 3.93. The van der Waals surface area contributed by atoms with E-state index in [2.05, 4.69) is 5.32 Å². The topological polar surface area (TPSA) is 55.1 Å². The molecule has 0 radical (unpaired) electrons. The van der Waals surface area contributed by atoms with Crippen molar-refractivity contribution in [2.45, 2.75) is 30.4 Å². The summed E-state index contributed by atoms with van der Waals surface area (Å²) in [6.07, 6.45) is 1.71. The predicted molar refractivity (Wildman–Crippen MR) is 57.1 cm³/mol. The zero-order chi connectivity index (χ0) is 11.5. The number of nitrogens with one attached hydrogen (secondary N) is 1. The first-order chi connectivity index (χ1) is 6.90. The highest BCUT2D eigenvalue weighted by Gasteiger charge is 2.38. The van der Waals surface area contributed by atoms with Crippen LogP contribution in [0.2, 0.25) is 0 Å². The van der Waals surface area contributed by atoms with Crippen molar-refractivity contribution in [1.29, 1.82) is 0 Å². The lowest BCUT2D eigenvalue weighted by molar-refractivity contribution is -0.124. The Morgan fingerprint density at radius 2 is 2.33 bits per heavy atom. The van der Waals surface area contributed by atoms with E-state index in [0.717, 1.165) is 18.6 Å². The Balaban J connectivity index is 2.42. The number of amides is 1. The molecule has 6 heteroatoms. The summed E-state index contributed by atoms with van der Waals surface area (Å²) < 4.78 is 25.0. The quantitative estimate of drug-likeness (QED) is 0.767. The summed E-state index contributed by atoms with van der Waals surface area (Å²) in [5.41, 5.74) is 4.87. The highest BCUT2D eigenvalue weighted by molar-refractivity contribution is 8.01. The van der Waals surface area contributed by atoms with Gasteiger partial charge in [-0.25, -0.2) is 8.78 Å². The monoisotopic (exact) mass is 238 g/mol.